The monoisotopic (exact) mass is 282 g/mol. The van der Waals surface area contributed by atoms with Gasteiger partial charge < -0.3 is 5.11 Å². The van der Waals surface area contributed by atoms with Crippen LogP contribution in [-0.2, 0) is 6.42 Å². The summed E-state index contributed by atoms with van der Waals surface area (Å²) in [6.45, 7) is 1.77. The summed E-state index contributed by atoms with van der Waals surface area (Å²) >= 11 is 5.75. The SMILES string of the molecule is Cc1cc(F)ccc1CC(O)c1cc(F)cc(Cl)c1. The molecule has 0 spiro atoms. The van der Waals surface area contributed by atoms with Gasteiger partial charge in [-0.05, 0) is 53.9 Å². The average molecular weight is 283 g/mol. The molecule has 0 saturated heterocycles. The van der Waals surface area contributed by atoms with Gasteiger partial charge in [-0.2, -0.15) is 0 Å². The van der Waals surface area contributed by atoms with Crippen LogP contribution in [0.25, 0.3) is 0 Å². The molecule has 1 unspecified atom stereocenters. The number of rotatable bonds is 3. The summed E-state index contributed by atoms with van der Waals surface area (Å²) in [5.41, 5.74) is 1.98. The first-order chi connectivity index (χ1) is 8.95. The third-order valence-electron chi connectivity index (χ3n) is 2.99. The Labute approximate surface area is 115 Å². The molecule has 0 radical (unpaired) electrons. The molecule has 0 aliphatic heterocycles. The van der Waals surface area contributed by atoms with Crippen molar-refractivity contribution < 1.29 is 13.9 Å². The first-order valence-corrected chi connectivity index (χ1v) is 6.22. The third kappa shape index (κ3) is 3.52. The predicted octanol–water partition coefficient (Wildman–Crippen LogP) is 4.20. The summed E-state index contributed by atoms with van der Waals surface area (Å²) in [5.74, 6) is -0.804. The molecule has 2 aromatic carbocycles. The topological polar surface area (TPSA) is 20.2 Å². The van der Waals surface area contributed by atoms with Gasteiger partial charge in [-0.15, -0.1) is 0 Å². The standard InChI is InChI=1S/C15H13ClF2O/c1-9-4-13(17)3-2-10(9)7-15(19)11-5-12(16)8-14(18)6-11/h2-6,8,15,19H,7H2,1H3. The molecule has 4 heteroatoms. The first-order valence-electron chi connectivity index (χ1n) is 5.85. The zero-order valence-corrected chi connectivity index (χ0v) is 11.1. The van der Waals surface area contributed by atoms with E-state index >= 15 is 0 Å². The minimum absolute atomic E-state index is 0.241. The van der Waals surface area contributed by atoms with Crippen LogP contribution in [0.5, 0.6) is 0 Å². The van der Waals surface area contributed by atoms with Crippen LogP contribution in [-0.4, -0.2) is 5.11 Å². The normalized spacial score (nSPS) is 12.5. The highest BCUT2D eigenvalue weighted by Gasteiger charge is 2.12. The van der Waals surface area contributed by atoms with Crippen molar-refractivity contribution in [1.82, 2.24) is 0 Å². The van der Waals surface area contributed by atoms with Crippen molar-refractivity contribution in [3.05, 3.63) is 69.7 Å². The Hall–Kier alpha value is -1.45. The van der Waals surface area contributed by atoms with Gasteiger partial charge in [0.25, 0.3) is 0 Å². The number of hydrogen-bond acceptors (Lipinski definition) is 1. The lowest BCUT2D eigenvalue weighted by Gasteiger charge is -2.13. The highest BCUT2D eigenvalue weighted by atomic mass is 35.5. The number of benzene rings is 2. The van der Waals surface area contributed by atoms with Crippen molar-refractivity contribution in [3.63, 3.8) is 0 Å². The molecule has 100 valence electrons. The Balaban J connectivity index is 2.22. The van der Waals surface area contributed by atoms with E-state index in [2.05, 4.69) is 0 Å². The predicted molar refractivity (Wildman–Crippen MR) is 71.2 cm³/mol. The maximum atomic E-state index is 13.2. The maximum absolute atomic E-state index is 13.2. The van der Waals surface area contributed by atoms with Gasteiger partial charge in [0.2, 0.25) is 0 Å². The van der Waals surface area contributed by atoms with Crippen LogP contribution in [0.3, 0.4) is 0 Å². The minimum atomic E-state index is -0.877. The van der Waals surface area contributed by atoms with Crippen LogP contribution in [0.15, 0.2) is 36.4 Å². The fraction of sp³-hybridized carbons (Fsp3) is 0.200. The van der Waals surface area contributed by atoms with Crippen molar-refractivity contribution in [2.24, 2.45) is 0 Å². The second-order valence-corrected chi connectivity index (χ2v) is 4.93. The fourth-order valence-electron chi connectivity index (χ4n) is 1.98. The summed E-state index contributed by atoms with van der Waals surface area (Å²) in [4.78, 5) is 0. The number of aliphatic hydroxyl groups excluding tert-OH is 1. The summed E-state index contributed by atoms with van der Waals surface area (Å²) in [6.07, 6.45) is -0.594. The summed E-state index contributed by atoms with van der Waals surface area (Å²) in [7, 11) is 0. The Kier molecular flexibility index (Phi) is 4.17. The number of hydrogen-bond donors (Lipinski definition) is 1. The summed E-state index contributed by atoms with van der Waals surface area (Å²) in [6, 6.07) is 8.31. The Morgan fingerprint density at radius 1 is 1.11 bits per heavy atom. The van der Waals surface area contributed by atoms with E-state index in [1.165, 1.54) is 30.3 Å². The smallest absolute Gasteiger partial charge is 0.125 e. The van der Waals surface area contributed by atoms with E-state index in [0.717, 1.165) is 11.1 Å². The van der Waals surface area contributed by atoms with Crippen LogP contribution in [0, 0.1) is 18.6 Å². The van der Waals surface area contributed by atoms with Crippen LogP contribution in [0.2, 0.25) is 5.02 Å². The van der Waals surface area contributed by atoms with Crippen LogP contribution in [0.4, 0.5) is 8.78 Å². The van der Waals surface area contributed by atoms with Crippen LogP contribution in [0.1, 0.15) is 22.8 Å². The zero-order chi connectivity index (χ0) is 14.0. The fourth-order valence-corrected chi connectivity index (χ4v) is 2.21. The lowest BCUT2D eigenvalue weighted by Crippen LogP contribution is -2.04. The number of halogens is 3. The summed E-state index contributed by atoms with van der Waals surface area (Å²) in [5, 5.41) is 10.3. The van der Waals surface area contributed by atoms with Crippen molar-refractivity contribution in [2.45, 2.75) is 19.4 Å². The lowest BCUT2D eigenvalue weighted by molar-refractivity contribution is 0.178. The van der Waals surface area contributed by atoms with Gasteiger partial charge in [0.15, 0.2) is 0 Å². The first kappa shape index (κ1) is 14.0. The van der Waals surface area contributed by atoms with Crippen LogP contribution >= 0.6 is 11.6 Å². The molecule has 0 aliphatic rings. The number of aliphatic hydroxyl groups is 1. The van der Waals surface area contributed by atoms with Gasteiger partial charge in [-0.3, -0.25) is 0 Å². The molecule has 1 atom stereocenters. The highest BCUT2D eigenvalue weighted by Crippen LogP contribution is 2.24. The zero-order valence-electron chi connectivity index (χ0n) is 10.3. The Morgan fingerprint density at radius 2 is 1.84 bits per heavy atom. The second-order valence-electron chi connectivity index (χ2n) is 4.49. The Morgan fingerprint density at radius 3 is 2.47 bits per heavy atom. The summed E-state index contributed by atoms with van der Waals surface area (Å²) < 4.78 is 26.2. The molecule has 19 heavy (non-hydrogen) atoms. The molecule has 1 N–H and O–H groups in total. The molecule has 2 aromatic rings. The second kappa shape index (κ2) is 5.68. The molecule has 0 saturated carbocycles. The highest BCUT2D eigenvalue weighted by molar-refractivity contribution is 6.30. The molecule has 0 aliphatic carbocycles. The van der Waals surface area contributed by atoms with Gasteiger partial charge in [0, 0.05) is 11.4 Å². The molecule has 0 amide bonds. The molecule has 0 heterocycles. The minimum Gasteiger partial charge on any atom is -0.388 e. The van der Waals surface area contributed by atoms with Gasteiger partial charge in [-0.1, -0.05) is 17.7 Å². The molecular weight excluding hydrogens is 270 g/mol. The lowest BCUT2D eigenvalue weighted by atomic mass is 9.98. The average Bonchev–Trinajstić information content (AvgIpc) is 2.31. The van der Waals surface area contributed by atoms with Crippen molar-refractivity contribution >= 4 is 11.6 Å². The quantitative estimate of drug-likeness (QED) is 0.894. The van der Waals surface area contributed by atoms with Gasteiger partial charge in [0.1, 0.15) is 11.6 Å². The van der Waals surface area contributed by atoms with E-state index in [1.54, 1.807) is 13.0 Å². The molecule has 0 aromatic heterocycles. The van der Waals surface area contributed by atoms with E-state index in [1.807, 2.05) is 0 Å². The van der Waals surface area contributed by atoms with Gasteiger partial charge in [0.05, 0.1) is 6.10 Å². The third-order valence-corrected chi connectivity index (χ3v) is 3.21. The maximum Gasteiger partial charge on any atom is 0.125 e. The molecule has 1 nitrogen and oxygen atoms in total. The van der Waals surface area contributed by atoms with E-state index in [9.17, 15) is 13.9 Å². The van der Waals surface area contributed by atoms with E-state index in [-0.39, 0.29) is 17.3 Å². The van der Waals surface area contributed by atoms with Crippen molar-refractivity contribution in [2.75, 3.05) is 0 Å². The molecular formula is C15H13ClF2O. The Bertz CT molecular complexity index is 578. The molecule has 2 rings (SSSR count). The van der Waals surface area contributed by atoms with E-state index in [0.29, 0.717) is 5.56 Å². The van der Waals surface area contributed by atoms with Gasteiger partial charge >= 0.3 is 0 Å². The number of aryl methyl sites for hydroxylation is 1. The largest absolute Gasteiger partial charge is 0.388 e. The molecule has 0 fully saturated rings. The molecule has 0 bridgehead atoms. The van der Waals surface area contributed by atoms with Gasteiger partial charge in [-0.25, -0.2) is 8.78 Å². The van der Waals surface area contributed by atoms with Crippen molar-refractivity contribution in [3.8, 4) is 0 Å². The van der Waals surface area contributed by atoms with E-state index < -0.39 is 11.9 Å². The van der Waals surface area contributed by atoms with Crippen molar-refractivity contribution in [1.29, 1.82) is 0 Å². The van der Waals surface area contributed by atoms with E-state index in [4.69, 9.17) is 11.6 Å². The van der Waals surface area contributed by atoms with Crippen LogP contribution < -0.4 is 0 Å².